The number of hydrogen-bond acceptors (Lipinski definition) is 5. The zero-order valence-corrected chi connectivity index (χ0v) is 11.8. The SMILES string of the molecule is NC(=O)C=CCC=CC(N)=O.NCCN1CCNCC1. The fraction of sp³-hybridized carbons (Fsp3) is 0.538. The van der Waals surface area contributed by atoms with Crippen LogP contribution in [0.5, 0.6) is 0 Å². The van der Waals surface area contributed by atoms with E-state index in [2.05, 4.69) is 10.2 Å². The molecule has 0 aromatic carbocycles. The third kappa shape index (κ3) is 12.7. The summed E-state index contributed by atoms with van der Waals surface area (Å²) in [7, 11) is 0. The molecule has 2 amide bonds. The quantitative estimate of drug-likeness (QED) is 0.432. The maximum absolute atomic E-state index is 10.1. The highest BCUT2D eigenvalue weighted by Crippen LogP contribution is 1.88. The van der Waals surface area contributed by atoms with Crippen molar-refractivity contribution in [1.29, 1.82) is 0 Å². The van der Waals surface area contributed by atoms with Crippen molar-refractivity contribution in [3.8, 4) is 0 Å². The van der Waals surface area contributed by atoms with Gasteiger partial charge in [-0.3, -0.25) is 14.5 Å². The fourth-order valence-corrected chi connectivity index (χ4v) is 1.56. The summed E-state index contributed by atoms with van der Waals surface area (Å²) in [5, 5.41) is 3.29. The predicted molar refractivity (Wildman–Crippen MR) is 79.6 cm³/mol. The fourth-order valence-electron chi connectivity index (χ4n) is 1.56. The number of amides is 2. The van der Waals surface area contributed by atoms with Gasteiger partial charge >= 0.3 is 0 Å². The van der Waals surface area contributed by atoms with Crippen LogP contribution in [-0.2, 0) is 9.59 Å². The average Bonchev–Trinajstić information content (AvgIpc) is 2.40. The Morgan fingerprint density at radius 1 is 1.05 bits per heavy atom. The minimum Gasteiger partial charge on any atom is -0.366 e. The second-order valence-electron chi connectivity index (χ2n) is 4.23. The molecule has 0 aliphatic carbocycles. The van der Waals surface area contributed by atoms with E-state index in [1.165, 1.54) is 12.2 Å². The molecule has 0 aromatic heterocycles. The Morgan fingerprint density at radius 3 is 1.95 bits per heavy atom. The molecular weight excluding hydrogens is 258 g/mol. The monoisotopic (exact) mass is 283 g/mol. The van der Waals surface area contributed by atoms with Crippen molar-refractivity contribution in [2.75, 3.05) is 39.3 Å². The van der Waals surface area contributed by atoms with Crippen molar-refractivity contribution in [2.24, 2.45) is 17.2 Å². The second kappa shape index (κ2) is 12.3. The number of nitrogens with zero attached hydrogens (tertiary/aromatic N) is 1. The summed E-state index contributed by atoms with van der Waals surface area (Å²) < 4.78 is 0. The molecule has 1 saturated heterocycles. The van der Waals surface area contributed by atoms with Crippen LogP contribution in [0.1, 0.15) is 6.42 Å². The van der Waals surface area contributed by atoms with E-state index in [1.54, 1.807) is 12.2 Å². The molecule has 1 aliphatic rings. The lowest BCUT2D eigenvalue weighted by Crippen LogP contribution is -2.45. The van der Waals surface area contributed by atoms with E-state index >= 15 is 0 Å². The van der Waals surface area contributed by atoms with E-state index in [-0.39, 0.29) is 0 Å². The maximum atomic E-state index is 10.1. The summed E-state index contributed by atoms with van der Waals surface area (Å²) in [5.41, 5.74) is 15.0. The molecule has 0 bridgehead atoms. The van der Waals surface area contributed by atoms with Gasteiger partial charge in [-0.1, -0.05) is 12.2 Å². The van der Waals surface area contributed by atoms with Gasteiger partial charge in [0.15, 0.2) is 0 Å². The van der Waals surface area contributed by atoms with Gasteiger partial charge in [0, 0.05) is 39.3 Å². The van der Waals surface area contributed by atoms with Crippen molar-refractivity contribution in [1.82, 2.24) is 10.2 Å². The van der Waals surface area contributed by atoms with E-state index < -0.39 is 11.8 Å². The molecule has 7 heteroatoms. The molecule has 0 atom stereocenters. The summed E-state index contributed by atoms with van der Waals surface area (Å²) in [6.45, 7) is 6.43. The lowest BCUT2D eigenvalue weighted by Gasteiger charge is -2.26. The first-order valence-corrected chi connectivity index (χ1v) is 6.61. The Bertz CT molecular complexity index is 311. The molecule has 0 radical (unpaired) electrons. The number of carbonyl (C=O) groups is 2. The molecule has 20 heavy (non-hydrogen) atoms. The van der Waals surface area contributed by atoms with Crippen LogP contribution in [-0.4, -0.2) is 56.0 Å². The molecule has 0 unspecified atom stereocenters. The first-order chi connectivity index (χ1) is 9.56. The number of rotatable bonds is 6. The third-order valence-electron chi connectivity index (χ3n) is 2.49. The molecular formula is C13H25N5O2. The number of allylic oxidation sites excluding steroid dienone is 2. The lowest BCUT2D eigenvalue weighted by atomic mass is 10.3. The van der Waals surface area contributed by atoms with Crippen LogP contribution < -0.4 is 22.5 Å². The summed E-state index contributed by atoms with van der Waals surface area (Å²) in [6.07, 6.45) is 6.02. The first-order valence-electron chi connectivity index (χ1n) is 6.61. The molecule has 1 fully saturated rings. The van der Waals surface area contributed by atoms with Gasteiger partial charge in [0.25, 0.3) is 0 Å². The van der Waals surface area contributed by atoms with E-state index in [9.17, 15) is 9.59 Å². The summed E-state index contributed by atoms with van der Waals surface area (Å²) in [5.74, 6) is -1.00. The van der Waals surface area contributed by atoms with Crippen LogP contribution >= 0.6 is 0 Å². The number of carbonyl (C=O) groups excluding carboxylic acids is 2. The first kappa shape index (κ1) is 18.3. The van der Waals surface area contributed by atoms with Crippen LogP contribution in [0.15, 0.2) is 24.3 Å². The van der Waals surface area contributed by atoms with Gasteiger partial charge in [-0.15, -0.1) is 0 Å². The van der Waals surface area contributed by atoms with Crippen molar-refractivity contribution in [2.45, 2.75) is 6.42 Å². The minimum atomic E-state index is -0.502. The standard InChI is InChI=1S/C7H10N2O2.C6H15N3/c8-6(10)4-2-1-3-5-7(9)11;7-1-4-9-5-2-8-3-6-9/h2-5H,1H2,(H2,8,10)(H2,9,11);8H,1-7H2. The summed E-state index contributed by atoms with van der Waals surface area (Å²) in [6, 6.07) is 0. The number of hydrogen-bond donors (Lipinski definition) is 4. The molecule has 1 heterocycles. The summed E-state index contributed by atoms with van der Waals surface area (Å²) >= 11 is 0. The van der Waals surface area contributed by atoms with E-state index in [0.29, 0.717) is 6.42 Å². The smallest absolute Gasteiger partial charge is 0.241 e. The van der Waals surface area contributed by atoms with Crippen LogP contribution in [0.25, 0.3) is 0 Å². The Hall–Kier alpha value is -1.70. The topological polar surface area (TPSA) is 127 Å². The number of primary amides is 2. The van der Waals surface area contributed by atoms with Crippen LogP contribution in [0, 0.1) is 0 Å². The van der Waals surface area contributed by atoms with Gasteiger partial charge in [-0.25, -0.2) is 0 Å². The minimum absolute atomic E-state index is 0.478. The van der Waals surface area contributed by atoms with Crippen LogP contribution in [0.2, 0.25) is 0 Å². The van der Waals surface area contributed by atoms with Crippen molar-refractivity contribution >= 4 is 11.8 Å². The highest BCUT2D eigenvalue weighted by Gasteiger charge is 2.06. The Morgan fingerprint density at radius 2 is 1.55 bits per heavy atom. The molecule has 7 nitrogen and oxygen atoms in total. The largest absolute Gasteiger partial charge is 0.366 e. The zero-order chi connectivity index (χ0) is 15.2. The average molecular weight is 283 g/mol. The van der Waals surface area contributed by atoms with E-state index in [4.69, 9.17) is 17.2 Å². The van der Waals surface area contributed by atoms with Gasteiger partial charge in [0.05, 0.1) is 0 Å². The van der Waals surface area contributed by atoms with Crippen LogP contribution in [0.3, 0.4) is 0 Å². The molecule has 1 aliphatic heterocycles. The van der Waals surface area contributed by atoms with E-state index in [1.807, 2.05) is 0 Å². The Labute approximate surface area is 119 Å². The maximum Gasteiger partial charge on any atom is 0.241 e. The molecule has 114 valence electrons. The van der Waals surface area contributed by atoms with Crippen LogP contribution in [0.4, 0.5) is 0 Å². The number of nitrogens with one attached hydrogen (secondary N) is 1. The number of piperazine rings is 1. The zero-order valence-electron chi connectivity index (χ0n) is 11.8. The molecule has 0 spiro atoms. The third-order valence-corrected chi connectivity index (χ3v) is 2.49. The van der Waals surface area contributed by atoms with E-state index in [0.717, 1.165) is 39.3 Å². The summed E-state index contributed by atoms with van der Waals surface area (Å²) in [4.78, 5) is 22.6. The lowest BCUT2D eigenvalue weighted by molar-refractivity contribution is -0.114. The highest BCUT2D eigenvalue weighted by atomic mass is 16.1. The van der Waals surface area contributed by atoms with Crippen molar-refractivity contribution < 1.29 is 9.59 Å². The van der Waals surface area contributed by atoms with Gasteiger partial charge in [-0.2, -0.15) is 0 Å². The normalized spacial score (nSPS) is 16.1. The van der Waals surface area contributed by atoms with Gasteiger partial charge in [0.2, 0.25) is 11.8 Å². The van der Waals surface area contributed by atoms with Crippen molar-refractivity contribution in [3.63, 3.8) is 0 Å². The Balaban J connectivity index is 0.000000367. The Kier molecular flexibility index (Phi) is 11.3. The highest BCUT2D eigenvalue weighted by molar-refractivity contribution is 5.86. The molecule has 0 aromatic rings. The molecule has 1 rings (SSSR count). The van der Waals surface area contributed by atoms with Crippen molar-refractivity contribution in [3.05, 3.63) is 24.3 Å². The predicted octanol–water partition coefficient (Wildman–Crippen LogP) is -1.69. The molecule has 7 N–H and O–H groups in total. The van der Waals surface area contributed by atoms with Gasteiger partial charge in [-0.05, 0) is 18.6 Å². The van der Waals surface area contributed by atoms with Gasteiger partial charge in [0.1, 0.15) is 0 Å². The van der Waals surface area contributed by atoms with Gasteiger partial charge < -0.3 is 22.5 Å². The second-order valence-corrected chi connectivity index (χ2v) is 4.23. The molecule has 0 saturated carbocycles. The number of nitrogens with two attached hydrogens (primary N) is 3.